The van der Waals surface area contributed by atoms with Gasteiger partial charge >= 0.3 is 18.2 Å². The number of ether oxygens (including phenoxy) is 13. The maximum absolute atomic E-state index is 14.7. The molecule has 17 unspecified atom stereocenters. The summed E-state index contributed by atoms with van der Waals surface area (Å²) in [4.78, 5) is 180. The molecule has 7 aliphatic rings. The number of carboxylic acids is 1. The lowest BCUT2D eigenvalue weighted by molar-refractivity contribution is -0.337. The maximum atomic E-state index is 14.7. The van der Waals surface area contributed by atoms with Crippen LogP contribution in [0.2, 0.25) is 0 Å². The molecule has 43 nitrogen and oxygen atoms in total. The van der Waals surface area contributed by atoms with Gasteiger partial charge in [0.05, 0.1) is 109 Å². The number of primary amides is 1. The first-order valence-electron chi connectivity index (χ1n) is 44.1. The van der Waals surface area contributed by atoms with Crippen LogP contribution < -0.4 is 57.3 Å². The Morgan fingerprint density at radius 2 is 1.45 bits per heavy atom. The number of hydrogen-bond donors (Lipinski definition) is 14. The molecule has 15 N–H and O–H groups in total. The third-order valence-electron chi connectivity index (χ3n) is 23.5. The van der Waals surface area contributed by atoms with Gasteiger partial charge in [-0.15, -0.1) is 0 Å². The van der Waals surface area contributed by atoms with E-state index in [0.717, 1.165) is 18.9 Å². The number of thioether (sulfide) groups is 1. The number of piperidine rings is 1. The number of nitrogens with two attached hydrogens (primary N) is 1. The number of aliphatic carboxylic acids is 1. The Balaban J connectivity index is 0.859. The molecular formula is C90H121IN10O33S3. The Kier molecular flexibility index (Phi) is 41.6. The molecule has 2 aliphatic carbocycles. The number of Topliss-reactive ketones (excluding diaryl/α,β-unsaturated/α-hetero) is 2. The first-order valence-corrected chi connectivity index (χ1v) is 48.4. The SMILES string of the molecule is CCN(C(=O)CNC(=O)OCc1ccc(NC(=O)[C@H](CC(N)=O)NC(=O)[C@H](C)NC(=O)[C@H](C)NC(=O)CCC(=O)N2CCC(C(=O)O)CC2)cc1)C1COC(OC2C(O[C@H]3C#C/C=C\C#C[C@]4(O)CC(=O)C(NC(=O)OC)=C3/C4=C\CSSC(C)(C)CC(C)=O)OC(C)C(NOC3CC(O)C(SC(=O)c4c(C)c(I)c(OC5OC(C)C(O)C(OC)C5O)c(OC)c4OC)C(C)O3)C2O)CC1OC. The molecule has 5 aliphatic heterocycles. The van der Waals surface area contributed by atoms with Gasteiger partial charge in [0, 0.05) is 93.3 Å². The minimum atomic E-state index is -2.25. The first-order chi connectivity index (χ1) is 64.9. The van der Waals surface area contributed by atoms with Gasteiger partial charge in [0.2, 0.25) is 58.5 Å². The number of hydroxylamine groups is 1. The van der Waals surface area contributed by atoms with Crippen LogP contribution in [0.25, 0.3) is 0 Å². The third-order valence-corrected chi connectivity index (χ3v) is 29.3. The second-order valence-corrected chi connectivity index (χ2v) is 39.3. The highest BCUT2D eigenvalue weighted by atomic mass is 127. The van der Waals surface area contributed by atoms with Crippen LogP contribution in [0.1, 0.15) is 142 Å². The fourth-order valence-corrected chi connectivity index (χ4v) is 20.5. The Hall–Kier alpha value is -9.33. The average Bonchev–Trinajstić information content (AvgIpc) is 0.751. The number of likely N-dealkylation sites (tertiary alicyclic amines) is 1. The van der Waals surface area contributed by atoms with Crippen LogP contribution in [0.15, 0.2) is 59.3 Å². The molecule has 754 valence electrons. The zero-order chi connectivity index (χ0) is 101. The van der Waals surface area contributed by atoms with Crippen LogP contribution in [0.4, 0.5) is 15.3 Å². The number of rotatable bonds is 41. The van der Waals surface area contributed by atoms with E-state index >= 15 is 0 Å². The van der Waals surface area contributed by atoms with E-state index in [0.29, 0.717) is 14.7 Å². The van der Waals surface area contributed by atoms with Crippen molar-refractivity contribution in [3.63, 3.8) is 0 Å². The van der Waals surface area contributed by atoms with Gasteiger partial charge < -0.3 is 134 Å². The van der Waals surface area contributed by atoms with Crippen molar-refractivity contribution >= 4 is 138 Å². The van der Waals surface area contributed by atoms with Crippen molar-refractivity contribution in [2.75, 3.05) is 79.4 Å². The number of ketones is 2. The summed E-state index contributed by atoms with van der Waals surface area (Å²) in [7, 11) is 9.14. The number of nitrogens with one attached hydrogen (secondary N) is 7. The summed E-state index contributed by atoms with van der Waals surface area (Å²) in [5, 5.41) is 82.0. The molecule has 2 bridgehead atoms. The van der Waals surface area contributed by atoms with E-state index in [2.05, 4.69) is 61.1 Å². The number of alkyl carbamates (subject to hydrolysis) is 2. The molecule has 9 rings (SSSR count). The van der Waals surface area contributed by atoms with Crippen molar-refractivity contribution in [2.24, 2.45) is 11.7 Å². The van der Waals surface area contributed by atoms with E-state index < -0.39 is 234 Å². The van der Waals surface area contributed by atoms with Crippen molar-refractivity contribution in [3.05, 3.63) is 79.6 Å². The number of allylic oxidation sites excluding steroid dienone is 3. The van der Waals surface area contributed by atoms with E-state index in [1.165, 1.54) is 117 Å². The van der Waals surface area contributed by atoms with Crippen molar-refractivity contribution in [1.29, 1.82) is 0 Å². The Bertz CT molecular complexity index is 4930. The van der Waals surface area contributed by atoms with Crippen molar-refractivity contribution in [2.45, 2.75) is 272 Å². The number of anilines is 1. The molecule has 9 amide bonds. The number of fused-ring (bicyclic) bond motifs is 2. The maximum Gasteiger partial charge on any atom is 0.411 e. The topological polar surface area (TPSA) is 589 Å². The average molecular weight is 2090 g/mol. The number of carbonyl (C=O) groups is 13. The van der Waals surface area contributed by atoms with E-state index in [1.807, 2.05) is 36.4 Å². The molecule has 0 aromatic heterocycles. The van der Waals surface area contributed by atoms with Crippen LogP contribution in [0.5, 0.6) is 17.2 Å². The van der Waals surface area contributed by atoms with Gasteiger partial charge in [-0.25, -0.2) is 9.59 Å². The molecule has 0 radical (unpaired) electrons. The highest BCUT2D eigenvalue weighted by molar-refractivity contribution is 14.1. The lowest BCUT2D eigenvalue weighted by Gasteiger charge is -2.47. The van der Waals surface area contributed by atoms with Gasteiger partial charge in [-0.05, 0) is 140 Å². The highest BCUT2D eigenvalue weighted by Crippen LogP contribution is 2.50. The second kappa shape index (κ2) is 51.2. The van der Waals surface area contributed by atoms with Gasteiger partial charge in [0.1, 0.15) is 73.7 Å². The lowest BCUT2D eigenvalue weighted by Crippen LogP contribution is -2.65. The summed E-state index contributed by atoms with van der Waals surface area (Å²) < 4.78 is 78.4. The number of amides is 9. The summed E-state index contributed by atoms with van der Waals surface area (Å²) in [6, 6.07) is -0.351. The zero-order valence-corrected chi connectivity index (χ0v) is 82.9. The third kappa shape index (κ3) is 29.7. The number of benzene rings is 2. The number of likely N-dealkylation sites (N-methyl/N-ethyl adjacent to an activating group) is 1. The number of aliphatic hydroxyl groups excluding tert-OH is 4. The molecule has 2 aromatic carbocycles. The number of methoxy groups -OCH3 is 5. The number of nitrogens with zero attached hydrogens (tertiary/aromatic N) is 2. The molecule has 5 fully saturated rings. The summed E-state index contributed by atoms with van der Waals surface area (Å²) in [6.07, 6.45) is -18.9. The molecule has 0 spiro atoms. The zero-order valence-electron chi connectivity index (χ0n) is 78.3. The summed E-state index contributed by atoms with van der Waals surface area (Å²) in [5.74, 6) is 4.03. The molecule has 137 heavy (non-hydrogen) atoms. The fourth-order valence-electron chi connectivity index (χ4n) is 16.3. The van der Waals surface area contributed by atoms with E-state index in [1.54, 1.807) is 40.7 Å². The lowest BCUT2D eigenvalue weighted by atomic mass is 9.75. The van der Waals surface area contributed by atoms with Gasteiger partial charge in [-0.3, -0.25) is 62.9 Å². The molecule has 0 saturated carbocycles. The Labute approximate surface area is 817 Å². The van der Waals surface area contributed by atoms with Gasteiger partial charge in [0.15, 0.2) is 41.8 Å². The minimum Gasteiger partial charge on any atom is -0.492 e. The minimum absolute atomic E-state index is 0.00798. The van der Waals surface area contributed by atoms with Crippen LogP contribution in [-0.2, 0) is 107 Å². The van der Waals surface area contributed by atoms with Gasteiger partial charge in [0.25, 0.3) is 0 Å². The second-order valence-electron chi connectivity index (χ2n) is 34.0. The van der Waals surface area contributed by atoms with E-state index in [4.69, 9.17) is 72.2 Å². The van der Waals surface area contributed by atoms with Crippen molar-refractivity contribution < 1.29 is 159 Å². The van der Waals surface area contributed by atoms with Crippen LogP contribution in [0, 0.1) is 40.1 Å². The standard InChI is InChI=1S/C90H121IN10O33S3/c1-16-101(63(108)40-93-87(118)127-41-50-22-24-52(25-23-50)96-82(114)54(35-60(92)105)97-81(113)46(5)95-80(112)45(4)94-61(106)26-27-62(107)100-32-28-51(29-33-100)83(115)116)55-42-126-64(37-59(55)121-11)132-77-72(110)69(47(6)129-86(77)131-58-21-19-17-18-20-31-90(120)39-57(104)70(98-88(119)125-15)67(58)53(90)30-34-135-137-89(9,10)38-43(2)102)99-134-65-36-56(103)79(49(8)128-65)136-84(117)66-44(3)68(91)75(78(124-14)74(66)122-12)133-85-73(111)76(123-13)71(109)48(7)130-85/h17-18,22-25,30,45-49,51,54-56,58-59,64-65,69,71-73,76-77,79,85-86,99,103,109-111,120H,16,26-29,32-42H2,1-15H3,(H2,92,105)(H,93,118)(H,94,106)(H,95,112)(H,96,114)(H,97,113)(H,98,119)(H,115,116)/b18-17-,53-30+/t45-,46-,47?,48?,49?,54-,55?,56?,58-,59?,64?,65?,69?,71?,72?,73?,76?,77?,79?,85?,86?,90-/m0/s1. The molecule has 22 atom stereocenters. The molecular weight excluding hydrogens is 1970 g/mol. The smallest absolute Gasteiger partial charge is 0.411 e. The van der Waals surface area contributed by atoms with E-state index in [-0.39, 0.29) is 135 Å². The highest BCUT2D eigenvalue weighted by Gasteiger charge is 2.53. The Morgan fingerprint density at radius 1 is 0.781 bits per heavy atom. The van der Waals surface area contributed by atoms with Crippen molar-refractivity contribution in [1.82, 2.24) is 41.9 Å². The molecule has 47 heteroatoms. The van der Waals surface area contributed by atoms with Crippen LogP contribution >= 0.6 is 55.9 Å². The normalized spacial score (nSPS) is 27.8. The summed E-state index contributed by atoms with van der Waals surface area (Å²) in [6.45, 7) is 15.3. The number of hydrogen-bond acceptors (Lipinski definition) is 36. The number of carbonyl (C=O) groups excluding carboxylic acids is 12. The quantitative estimate of drug-likeness (QED) is 0.0149. The number of carboxylic acid groups (broad SMARTS) is 1. The summed E-state index contributed by atoms with van der Waals surface area (Å²) >= 11 is 2.72. The molecule has 5 saturated heterocycles. The van der Waals surface area contributed by atoms with Gasteiger partial charge in [-0.2, -0.15) is 5.48 Å². The first kappa shape index (κ1) is 111. The van der Waals surface area contributed by atoms with Crippen LogP contribution in [-0.4, -0.2) is 329 Å². The predicted octanol–water partition coefficient (Wildman–Crippen LogP) is 2.25. The monoisotopic (exact) mass is 2090 g/mol. The number of aliphatic hydroxyl groups is 5. The van der Waals surface area contributed by atoms with E-state index in [9.17, 15) is 93.0 Å². The largest absolute Gasteiger partial charge is 0.492 e. The molecule has 2 aromatic rings. The van der Waals surface area contributed by atoms with Crippen molar-refractivity contribution in [3.8, 4) is 40.9 Å². The fraction of sp³-hybridized carbons (Fsp3) is 0.611. The Morgan fingerprint density at radius 3 is 2.09 bits per heavy atom. The van der Waals surface area contributed by atoms with Crippen LogP contribution in [0.3, 0.4) is 0 Å². The predicted molar refractivity (Wildman–Crippen MR) is 500 cm³/mol. The summed E-state index contributed by atoms with van der Waals surface area (Å²) in [5.41, 5.74) is 6.48. The van der Waals surface area contributed by atoms with Gasteiger partial charge in [-0.1, -0.05) is 75.2 Å². The number of halogens is 1. The molecule has 5 heterocycles.